The number of hydrogen-bond acceptors (Lipinski definition) is 4. The molecule has 0 unspecified atom stereocenters. The Morgan fingerprint density at radius 3 is 2.81 bits per heavy atom. The molecule has 1 aliphatic heterocycles. The monoisotopic (exact) mass is 351 g/mol. The summed E-state index contributed by atoms with van der Waals surface area (Å²) in [5.41, 5.74) is 3.42. The summed E-state index contributed by atoms with van der Waals surface area (Å²) in [5.74, 6) is 0.00541. The number of benzene rings is 1. The summed E-state index contributed by atoms with van der Waals surface area (Å²) in [4.78, 5) is 16.8. The normalized spacial score (nSPS) is 23.6. The fraction of sp³-hybridized carbons (Fsp3) is 0.429. The molecular formula is C21H25N3O2. The van der Waals surface area contributed by atoms with Crippen LogP contribution in [0.15, 0.2) is 48.8 Å². The van der Waals surface area contributed by atoms with Crippen LogP contribution in [0.25, 0.3) is 0 Å². The summed E-state index contributed by atoms with van der Waals surface area (Å²) in [6.07, 6.45) is 5.80. The fourth-order valence-electron chi connectivity index (χ4n) is 4.71. The number of ether oxygens (including phenoxy) is 1. The second-order valence-electron chi connectivity index (χ2n) is 7.23. The van der Waals surface area contributed by atoms with Crippen molar-refractivity contribution in [1.82, 2.24) is 15.6 Å². The summed E-state index contributed by atoms with van der Waals surface area (Å²) < 4.78 is 6.00. The largest absolute Gasteiger partial charge is 0.378 e. The molecule has 2 heterocycles. The highest BCUT2D eigenvalue weighted by Gasteiger charge is 2.53. The molecule has 0 bridgehead atoms. The summed E-state index contributed by atoms with van der Waals surface area (Å²) in [6, 6.07) is 12.2. The number of pyridine rings is 1. The van der Waals surface area contributed by atoms with E-state index in [1.807, 2.05) is 18.2 Å². The molecular weight excluding hydrogens is 326 g/mol. The average molecular weight is 351 g/mol. The molecule has 1 aliphatic carbocycles. The SMILES string of the molecule is CO[C@@H]1[C@@H](NC(=O)Cc2cccnc2)c2ccccc2C12CCNCC2. The molecule has 0 saturated carbocycles. The van der Waals surface area contributed by atoms with E-state index < -0.39 is 0 Å². The number of fused-ring (bicyclic) bond motifs is 2. The highest BCUT2D eigenvalue weighted by atomic mass is 16.5. The van der Waals surface area contributed by atoms with Crippen LogP contribution in [0.5, 0.6) is 0 Å². The van der Waals surface area contributed by atoms with Crippen molar-refractivity contribution in [1.29, 1.82) is 0 Å². The topological polar surface area (TPSA) is 63.2 Å². The first-order chi connectivity index (χ1) is 12.7. The van der Waals surface area contributed by atoms with Gasteiger partial charge < -0.3 is 15.4 Å². The zero-order chi connectivity index (χ0) is 18.0. The van der Waals surface area contributed by atoms with Gasteiger partial charge in [-0.1, -0.05) is 30.3 Å². The number of nitrogens with one attached hydrogen (secondary N) is 2. The molecule has 5 heteroatoms. The van der Waals surface area contributed by atoms with Crippen LogP contribution in [0.1, 0.15) is 35.6 Å². The van der Waals surface area contributed by atoms with Crippen molar-refractivity contribution in [2.45, 2.75) is 36.8 Å². The number of aromatic nitrogens is 1. The van der Waals surface area contributed by atoms with E-state index in [1.54, 1.807) is 19.5 Å². The Labute approximate surface area is 154 Å². The van der Waals surface area contributed by atoms with E-state index in [2.05, 4.69) is 33.8 Å². The number of hydrogen-bond donors (Lipinski definition) is 2. The van der Waals surface area contributed by atoms with Gasteiger partial charge in [-0.25, -0.2) is 0 Å². The standard InChI is InChI=1S/C21H25N3O2/c1-26-20-19(24-18(25)13-15-5-4-10-23-14-15)16-6-2-3-7-17(16)21(20)8-11-22-12-9-21/h2-7,10,14,19-20,22H,8-9,11-13H2,1H3,(H,24,25)/t19-,20+/m0/s1. The number of nitrogens with zero attached hydrogens (tertiary/aromatic N) is 1. The summed E-state index contributed by atoms with van der Waals surface area (Å²) in [5, 5.41) is 6.69. The highest BCUT2D eigenvalue weighted by Crippen LogP contribution is 2.51. The Hall–Kier alpha value is -2.24. The number of carbonyl (C=O) groups excluding carboxylic acids is 1. The third-order valence-corrected chi connectivity index (χ3v) is 5.83. The molecule has 4 rings (SSSR count). The van der Waals surface area contributed by atoms with E-state index in [1.165, 1.54) is 11.1 Å². The van der Waals surface area contributed by atoms with E-state index in [0.717, 1.165) is 31.5 Å². The average Bonchev–Trinajstić information content (AvgIpc) is 2.92. The molecule has 2 aromatic rings. The number of rotatable bonds is 4. The molecule has 1 fully saturated rings. The predicted octanol–water partition coefficient (Wildman–Crippen LogP) is 2.13. The minimum atomic E-state index is -0.113. The van der Waals surface area contributed by atoms with E-state index in [9.17, 15) is 4.79 Å². The number of amides is 1. The Balaban J connectivity index is 1.62. The van der Waals surface area contributed by atoms with Gasteiger partial charge in [-0.2, -0.15) is 0 Å². The van der Waals surface area contributed by atoms with Crippen molar-refractivity contribution in [3.8, 4) is 0 Å². The second kappa shape index (κ2) is 7.17. The summed E-state index contributed by atoms with van der Waals surface area (Å²) in [6.45, 7) is 1.95. The first kappa shape index (κ1) is 17.2. The fourth-order valence-corrected chi connectivity index (χ4v) is 4.71. The number of carbonyl (C=O) groups is 1. The lowest BCUT2D eigenvalue weighted by molar-refractivity contribution is -0.122. The predicted molar refractivity (Wildman–Crippen MR) is 99.8 cm³/mol. The first-order valence-corrected chi connectivity index (χ1v) is 9.26. The highest BCUT2D eigenvalue weighted by molar-refractivity contribution is 5.79. The van der Waals surface area contributed by atoms with Crippen molar-refractivity contribution in [2.75, 3.05) is 20.2 Å². The van der Waals surface area contributed by atoms with Crippen LogP contribution in [0.3, 0.4) is 0 Å². The Kier molecular flexibility index (Phi) is 4.74. The second-order valence-corrected chi connectivity index (χ2v) is 7.23. The van der Waals surface area contributed by atoms with E-state index in [4.69, 9.17) is 4.74 Å². The Bertz CT molecular complexity index is 772. The maximum absolute atomic E-state index is 12.7. The van der Waals surface area contributed by atoms with E-state index >= 15 is 0 Å². The molecule has 1 spiro atoms. The summed E-state index contributed by atoms with van der Waals surface area (Å²) in [7, 11) is 1.76. The minimum Gasteiger partial charge on any atom is -0.378 e. The van der Waals surface area contributed by atoms with E-state index in [0.29, 0.717) is 6.42 Å². The molecule has 2 aliphatic rings. The van der Waals surface area contributed by atoms with Gasteiger partial charge in [-0.3, -0.25) is 9.78 Å². The van der Waals surface area contributed by atoms with Crippen molar-refractivity contribution in [2.24, 2.45) is 0 Å². The Morgan fingerprint density at radius 2 is 2.08 bits per heavy atom. The zero-order valence-electron chi connectivity index (χ0n) is 15.1. The quantitative estimate of drug-likeness (QED) is 0.886. The first-order valence-electron chi connectivity index (χ1n) is 9.26. The molecule has 2 N–H and O–H groups in total. The lowest BCUT2D eigenvalue weighted by Gasteiger charge is -2.40. The molecule has 26 heavy (non-hydrogen) atoms. The van der Waals surface area contributed by atoms with Crippen molar-refractivity contribution in [3.63, 3.8) is 0 Å². The number of methoxy groups -OCH3 is 1. The van der Waals surface area contributed by atoms with Crippen LogP contribution >= 0.6 is 0 Å². The van der Waals surface area contributed by atoms with Crippen molar-refractivity contribution in [3.05, 3.63) is 65.5 Å². The minimum absolute atomic E-state index is 0.00541. The maximum Gasteiger partial charge on any atom is 0.225 e. The third kappa shape index (κ3) is 2.91. The van der Waals surface area contributed by atoms with Gasteiger partial charge in [0.2, 0.25) is 5.91 Å². The van der Waals surface area contributed by atoms with Gasteiger partial charge in [0.15, 0.2) is 0 Å². The van der Waals surface area contributed by atoms with Crippen LogP contribution in [0, 0.1) is 0 Å². The van der Waals surface area contributed by atoms with E-state index in [-0.39, 0.29) is 23.5 Å². The van der Waals surface area contributed by atoms with Crippen LogP contribution in [0.2, 0.25) is 0 Å². The molecule has 1 aromatic heterocycles. The van der Waals surface area contributed by atoms with Crippen LogP contribution in [-0.4, -0.2) is 37.2 Å². The van der Waals surface area contributed by atoms with Gasteiger partial charge in [0.1, 0.15) is 0 Å². The smallest absolute Gasteiger partial charge is 0.225 e. The maximum atomic E-state index is 12.7. The molecule has 1 amide bonds. The molecule has 5 nitrogen and oxygen atoms in total. The molecule has 1 aromatic carbocycles. The van der Waals surface area contributed by atoms with Gasteiger partial charge in [0.05, 0.1) is 18.6 Å². The van der Waals surface area contributed by atoms with Crippen LogP contribution in [0.4, 0.5) is 0 Å². The molecule has 136 valence electrons. The zero-order valence-corrected chi connectivity index (χ0v) is 15.1. The molecule has 1 saturated heterocycles. The molecule has 0 radical (unpaired) electrons. The third-order valence-electron chi connectivity index (χ3n) is 5.83. The van der Waals surface area contributed by atoms with Gasteiger partial charge in [-0.05, 0) is 48.7 Å². The number of piperidine rings is 1. The summed E-state index contributed by atoms with van der Waals surface area (Å²) >= 11 is 0. The van der Waals surface area contributed by atoms with Crippen LogP contribution in [-0.2, 0) is 21.4 Å². The Morgan fingerprint density at radius 1 is 1.27 bits per heavy atom. The van der Waals surface area contributed by atoms with Gasteiger partial charge in [-0.15, -0.1) is 0 Å². The molecule has 2 atom stereocenters. The lowest BCUT2D eigenvalue weighted by Crippen LogP contribution is -2.49. The van der Waals surface area contributed by atoms with Gasteiger partial charge in [0.25, 0.3) is 0 Å². The van der Waals surface area contributed by atoms with Crippen molar-refractivity contribution < 1.29 is 9.53 Å². The van der Waals surface area contributed by atoms with Crippen molar-refractivity contribution >= 4 is 5.91 Å². The lowest BCUT2D eigenvalue weighted by atomic mass is 9.72. The van der Waals surface area contributed by atoms with Gasteiger partial charge >= 0.3 is 0 Å². The van der Waals surface area contributed by atoms with Crippen LogP contribution < -0.4 is 10.6 Å². The van der Waals surface area contributed by atoms with Gasteiger partial charge in [0, 0.05) is 24.9 Å².